The van der Waals surface area contributed by atoms with Gasteiger partial charge in [-0.2, -0.15) is 13.2 Å². The van der Waals surface area contributed by atoms with Gasteiger partial charge in [-0.3, -0.25) is 9.78 Å². The summed E-state index contributed by atoms with van der Waals surface area (Å²) in [6.45, 7) is 0. The molecule has 5 rings (SSSR count). The number of rotatable bonds is 7. The number of aliphatic carboxylic acids is 1. The van der Waals surface area contributed by atoms with Crippen molar-refractivity contribution >= 4 is 34.6 Å². The highest BCUT2D eigenvalue weighted by atomic mass is 127. The number of carboxylic acids is 1. The SMILES string of the molecule is O=C(N[C@H]1[C@H]2CC[C@H](C2)[C@H]1C(=O)O)N[C@@](Cc1ccccc1)(c1cc(F)cc(C(F)(F)F)c1)c1ccc(I)cn1. The number of halogens is 5. The van der Waals surface area contributed by atoms with E-state index in [2.05, 4.69) is 15.6 Å². The number of alkyl halides is 3. The molecule has 2 aliphatic carbocycles. The zero-order chi connectivity index (χ0) is 28.7. The molecule has 1 aromatic heterocycles. The first-order valence-electron chi connectivity index (χ1n) is 12.8. The highest BCUT2D eigenvalue weighted by molar-refractivity contribution is 14.1. The van der Waals surface area contributed by atoms with Gasteiger partial charge in [-0.25, -0.2) is 9.18 Å². The molecule has 0 spiro atoms. The predicted octanol–water partition coefficient (Wildman–Crippen LogP) is 6.13. The van der Waals surface area contributed by atoms with Crippen molar-refractivity contribution in [3.8, 4) is 0 Å². The van der Waals surface area contributed by atoms with Crippen LogP contribution in [0.15, 0.2) is 66.9 Å². The molecule has 5 atom stereocenters. The molecule has 2 aliphatic rings. The molecule has 210 valence electrons. The van der Waals surface area contributed by atoms with Crippen molar-refractivity contribution in [1.29, 1.82) is 0 Å². The van der Waals surface area contributed by atoms with Crippen LogP contribution in [0.3, 0.4) is 0 Å². The number of aromatic nitrogens is 1. The van der Waals surface area contributed by atoms with E-state index in [0.29, 0.717) is 18.1 Å². The second-order valence-electron chi connectivity index (χ2n) is 10.5. The number of carbonyl (C=O) groups is 2. The van der Waals surface area contributed by atoms with Crippen molar-refractivity contribution < 1.29 is 32.3 Å². The minimum atomic E-state index is -4.84. The van der Waals surface area contributed by atoms with Crippen molar-refractivity contribution in [2.24, 2.45) is 17.8 Å². The van der Waals surface area contributed by atoms with Crippen LogP contribution in [-0.4, -0.2) is 28.1 Å². The van der Waals surface area contributed by atoms with Gasteiger partial charge in [0.2, 0.25) is 0 Å². The van der Waals surface area contributed by atoms with E-state index in [1.807, 2.05) is 22.6 Å². The molecule has 2 aromatic carbocycles. The number of hydrogen-bond acceptors (Lipinski definition) is 3. The molecular formula is C29H26F4IN3O3. The maximum absolute atomic E-state index is 14.8. The highest BCUT2D eigenvalue weighted by Crippen LogP contribution is 2.48. The van der Waals surface area contributed by atoms with Crippen LogP contribution in [-0.2, 0) is 22.9 Å². The number of nitrogens with zero attached hydrogens (tertiary/aromatic N) is 1. The number of urea groups is 1. The van der Waals surface area contributed by atoms with Crippen LogP contribution in [0.4, 0.5) is 22.4 Å². The van der Waals surface area contributed by atoms with E-state index in [1.54, 1.807) is 42.5 Å². The number of nitrogens with one attached hydrogen (secondary N) is 2. The number of carboxylic acid groups (broad SMARTS) is 1. The maximum Gasteiger partial charge on any atom is 0.416 e. The molecule has 0 unspecified atom stereocenters. The summed E-state index contributed by atoms with van der Waals surface area (Å²) in [7, 11) is 0. The third-order valence-electron chi connectivity index (χ3n) is 8.02. The summed E-state index contributed by atoms with van der Waals surface area (Å²) in [5, 5.41) is 15.5. The minimum Gasteiger partial charge on any atom is -0.481 e. The van der Waals surface area contributed by atoms with Crippen molar-refractivity contribution in [2.45, 2.75) is 43.4 Å². The summed E-state index contributed by atoms with van der Waals surface area (Å²) in [5.41, 5.74) is -2.21. The van der Waals surface area contributed by atoms with Gasteiger partial charge in [0.1, 0.15) is 11.4 Å². The average Bonchev–Trinajstić information content (AvgIpc) is 3.50. The van der Waals surface area contributed by atoms with Gasteiger partial charge in [0.25, 0.3) is 0 Å². The van der Waals surface area contributed by atoms with E-state index >= 15 is 0 Å². The Morgan fingerprint density at radius 3 is 2.35 bits per heavy atom. The third kappa shape index (κ3) is 5.65. The predicted molar refractivity (Wildman–Crippen MR) is 147 cm³/mol. The smallest absolute Gasteiger partial charge is 0.416 e. The fourth-order valence-electron chi connectivity index (χ4n) is 6.29. The molecule has 40 heavy (non-hydrogen) atoms. The molecule has 2 bridgehead atoms. The lowest BCUT2D eigenvalue weighted by Gasteiger charge is -2.37. The fourth-order valence-corrected chi connectivity index (χ4v) is 6.61. The lowest BCUT2D eigenvalue weighted by Crippen LogP contribution is -2.57. The largest absolute Gasteiger partial charge is 0.481 e. The second-order valence-corrected chi connectivity index (χ2v) is 11.7. The molecule has 2 saturated carbocycles. The maximum atomic E-state index is 14.8. The number of fused-ring (bicyclic) bond motifs is 2. The summed E-state index contributed by atoms with van der Waals surface area (Å²) >= 11 is 2.03. The molecular weight excluding hydrogens is 641 g/mol. The van der Waals surface area contributed by atoms with Gasteiger partial charge in [0.15, 0.2) is 0 Å². The Morgan fingerprint density at radius 1 is 1.00 bits per heavy atom. The average molecular weight is 667 g/mol. The van der Waals surface area contributed by atoms with Crippen molar-refractivity contribution in [1.82, 2.24) is 15.6 Å². The molecule has 3 aromatic rings. The van der Waals surface area contributed by atoms with E-state index in [1.165, 1.54) is 6.20 Å². The zero-order valence-corrected chi connectivity index (χ0v) is 23.2. The van der Waals surface area contributed by atoms with Crippen LogP contribution in [0.25, 0.3) is 0 Å². The Morgan fingerprint density at radius 2 is 1.70 bits per heavy atom. The van der Waals surface area contributed by atoms with Crippen molar-refractivity contribution in [3.63, 3.8) is 0 Å². The topological polar surface area (TPSA) is 91.3 Å². The van der Waals surface area contributed by atoms with Gasteiger partial charge in [0.05, 0.1) is 17.2 Å². The van der Waals surface area contributed by atoms with E-state index in [-0.39, 0.29) is 29.5 Å². The Balaban J connectivity index is 1.62. The molecule has 0 aliphatic heterocycles. The molecule has 0 saturated heterocycles. The first-order chi connectivity index (χ1) is 19.0. The number of benzene rings is 2. The molecule has 2 fully saturated rings. The van der Waals surface area contributed by atoms with E-state index < -0.39 is 47.1 Å². The molecule has 1 heterocycles. The molecule has 2 amide bonds. The summed E-state index contributed by atoms with van der Waals surface area (Å²) < 4.78 is 57.0. The van der Waals surface area contributed by atoms with E-state index in [4.69, 9.17) is 0 Å². The van der Waals surface area contributed by atoms with Gasteiger partial charge in [-0.15, -0.1) is 0 Å². The normalized spacial score (nSPS) is 23.4. The van der Waals surface area contributed by atoms with E-state index in [0.717, 1.165) is 28.5 Å². The standard InChI is InChI=1S/C29H26F4IN3O3/c30-21-12-19(11-20(13-21)29(31,32)33)28(14-16-4-2-1-3-5-16,23-9-8-22(34)15-35-23)37-27(40)36-25-18-7-6-17(10-18)24(25)26(38)39/h1-5,8-9,11-13,15,17-18,24-25H,6-7,10,14H2,(H,38,39)(H2,36,37,40)/t17-,18+,24-,25+,28+/m1/s1. The Kier molecular flexibility index (Phi) is 7.77. The lowest BCUT2D eigenvalue weighted by atomic mass is 9.79. The third-order valence-corrected chi connectivity index (χ3v) is 8.66. The van der Waals surface area contributed by atoms with Crippen LogP contribution >= 0.6 is 22.6 Å². The second kappa shape index (κ2) is 11.0. The van der Waals surface area contributed by atoms with Crippen LogP contribution in [0.2, 0.25) is 0 Å². The van der Waals surface area contributed by atoms with E-state index in [9.17, 15) is 32.3 Å². The number of carbonyl (C=O) groups excluding carboxylic acids is 1. The first-order valence-corrected chi connectivity index (χ1v) is 13.9. The first kappa shape index (κ1) is 28.3. The zero-order valence-electron chi connectivity index (χ0n) is 21.1. The molecule has 11 heteroatoms. The molecule has 0 radical (unpaired) electrons. The van der Waals surface area contributed by atoms with Gasteiger partial charge in [-0.05, 0) is 95.1 Å². The quantitative estimate of drug-likeness (QED) is 0.209. The Hall–Kier alpha value is -3.22. The van der Waals surface area contributed by atoms with Gasteiger partial charge in [-0.1, -0.05) is 30.3 Å². The number of amides is 2. The van der Waals surface area contributed by atoms with Crippen LogP contribution in [0, 0.1) is 27.1 Å². The monoisotopic (exact) mass is 667 g/mol. The molecule has 3 N–H and O–H groups in total. The van der Waals surface area contributed by atoms with Gasteiger partial charge < -0.3 is 15.7 Å². The summed E-state index contributed by atoms with van der Waals surface area (Å²) in [6.07, 6.45) is -1.13. The van der Waals surface area contributed by atoms with Gasteiger partial charge >= 0.3 is 18.2 Å². The van der Waals surface area contributed by atoms with Crippen molar-refractivity contribution in [2.75, 3.05) is 0 Å². The number of pyridine rings is 1. The van der Waals surface area contributed by atoms with Crippen LogP contribution < -0.4 is 10.6 Å². The van der Waals surface area contributed by atoms with Crippen LogP contribution in [0.1, 0.15) is 41.6 Å². The summed E-state index contributed by atoms with van der Waals surface area (Å²) in [4.78, 5) is 30.2. The Labute approximate surface area is 241 Å². The van der Waals surface area contributed by atoms with Crippen LogP contribution in [0.5, 0.6) is 0 Å². The van der Waals surface area contributed by atoms with Crippen molar-refractivity contribution in [3.05, 3.63) is 98.6 Å². The number of hydrogen-bond donors (Lipinski definition) is 3. The fraction of sp³-hybridized carbons (Fsp3) is 0.345. The summed E-state index contributed by atoms with van der Waals surface area (Å²) in [6, 6.07) is 12.9. The minimum absolute atomic E-state index is 0.0113. The van der Waals surface area contributed by atoms with Gasteiger partial charge in [0, 0.05) is 22.2 Å². The highest BCUT2D eigenvalue weighted by Gasteiger charge is 2.52. The molecule has 6 nitrogen and oxygen atoms in total. The summed E-state index contributed by atoms with van der Waals surface area (Å²) in [5.74, 6) is -2.92. The Bertz CT molecular complexity index is 1400. The lowest BCUT2D eigenvalue weighted by molar-refractivity contribution is -0.144.